The number of likely N-dealkylation sites (tertiary alicyclic amines) is 1. The summed E-state index contributed by atoms with van der Waals surface area (Å²) in [6.07, 6.45) is 1.25. The fourth-order valence-corrected chi connectivity index (χ4v) is 2.98. The molecule has 2 atom stereocenters. The molecule has 2 heterocycles. The van der Waals surface area contributed by atoms with Gasteiger partial charge in [0.15, 0.2) is 0 Å². The molecule has 3 rings (SSSR count). The Labute approximate surface area is 122 Å². The van der Waals surface area contributed by atoms with Gasteiger partial charge in [0.25, 0.3) is 0 Å². The van der Waals surface area contributed by atoms with E-state index < -0.39 is 12.1 Å². The number of aliphatic hydroxyl groups excluding tert-OH is 1. The molecule has 21 heavy (non-hydrogen) atoms. The zero-order valence-corrected chi connectivity index (χ0v) is 11.6. The van der Waals surface area contributed by atoms with Crippen LogP contribution in [0, 0.1) is 5.92 Å². The first-order valence-electron chi connectivity index (χ1n) is 7.07. The first kappa shape index (κ1) is 14.0. The Morgan fingerprint density at radius 3 is 3.00 bits per heavy atom. The van der Waals surface area contributed by atoms with Gasteiger partial charge in [0.1, 0.15) is 0 Å². The smallest absolute Gasteiger partial charge is 0.303 e. The molecule has 2 aromatic rings. The van der Waals surface area contributed by atoms with E-state index in [1.165, 1.54) is 0 Å². The molecular weight excluding hydrogens is 268 g/mol. The van der Waals surface area contributed by atoms with Crippen molar-refractivity contribution in [1.82, 2.24) is 9.88 Å². The topological polar surface area (TPSA) is 73.7 Å². The second-order valence-electron chi connectivity index (χ2n) is 5.65. The number of β-amino-alcohol motifs (C(OH)–C–C–N with tert-alkyl or cyclic N) is 1. The number of carbonyl (C=O) groups is 1. The van der Waals surface area contributed by atoms with Crippen LogP contribution in [0.4, 0.5) is 0 Å². The number of hydrogen-bond donors (Lipinski definition) is 2. The molecule has 0 spiro atoms. The maximum Gasteiger partial charge on any atom is 0.303 e. The second kappa shape index (κ2) is 5.79. The lowest BCUT2D eigenvalue weighted by Gasteiger charge is -2.15. The van der Waals surface area contributed by atoms with E-state index in [1.54, 1.807) is 6.20 Å². The van der Waals surface area contributed by atoms with Gasteiger partial charge < -0.3 is 10.2 Å². The Balaban J connectivity index is 1.69. The van der Waals surface area contributed by atoms with E-state index in [1.807, 2.05) is 24.3 Å². The molecule has 5 heteroatoms. The summed E-state index contributed by atoms with van der Waals surface area (Å²) in [6.45, 7) is 1.87. The van der Waals surface area contributed by atoms with E-state index in [-0.39, 0.29) is 12.3 Å². The minimum Gasteiger partial charge on any atom is -0.481 e. The van der Waals surface area contributed by atoms with Gasteiger partial charge in [-0.2, -0.15) is 0 Å². The number of aliphatic hydroxyl groups is 1. The molecule has 1 aliphatic rings. The van der Waals surface area contributed by atoms with Gasteiger partial charge in [0.2, 0.25) is 0 Å². The third kappa shape index (κ3) is 3.20. The summed E-state index contributed by atoms with van der Waals surface area (Å²) in [5, 5.41) is 19.9. The summed E-state index contributed by atoms with van der Waals surface area (Å²) in [5.41, 5.74) is 2.12. The number of carboxylic acid groups (broad SMARTS) is 1. The van der Waals surface area contributed by atoms with Crippen molar-refractivity contribution in [3.63, 3.8) is 0 Å². The molecule has 1 saturated heterocycles. The van der Waals surface area contributed by atoms with E-state index in [4.69, 9.17) is 5.11 Å². The summed E-state index contributed by atoms with van der Waals surface area (Å²) in [5.74, 6) is -1.03. The number of rotatable bonds is 4. The average Bonchev–Trinajstić information content (AvgIpc) is 2.78. The number of nitrogens with zero attached hydrogens (tertiary/aromatic N) is 2. The number of aromatic nitrogens is 1. The molecule has 0 aliphatic carbocycles. The van der Waals surface area contributed by atoms with Crippen LogP contribution in [0.25, 0.3) is 10.9 Å². The first-order valence-corrected chi connectivity index (χ1v) is 7.07. The number of aliphatic carboxylic acids is 1. The van der Waals surface area contributed by atoms with E-state index in [9.17, 15) is 9.90 Å². The van der Waals surface area contributed by atoms with Gasteiger partial charge in [-0.15, -0.1) is 0 Å². The summed E-state index contributed by atoms with van der Waals surface area (Å²) in [4.78, 5) is 17.2. The fourth-order valence-electron chi connectivity index (χ4n) is 2.98. The molecule has 5 nitrogen and oxygen atoms in total. The minimum absolute atomic E-state index is 0.0271. The molecule has 0 saturated carbocycles. The molecule has 0 unspecified atom stereocenters. The van der Waals surface area contributed by atoms with Gasteiger partial charge >= 0.3 is 5.97 Å². The van der Waals surface area contributed by atoms with Crippen LogP contribution in [0.1, 0.15) is 12.0 Å². The van der Waals surface area contributed by atoms with E-state index in [0.717, 1.165) is 23.0 Å². The van der Waals surface area contributed by atoms with Gasteiger partial charge in [-0.05, 0) is 23.8 Å². The molecule has 2 N–H and O–H groups in total. The monoisotopic (exact) mass is 286 g/mol. The van der Waals surface area contributed by atoms with Crippen molar-refractivity contribution in [2.24, 2.45) is 5.92 Å². The molecule has 0 radical (unpaired) electrons. The molecule has 1 aliphatic heterocycles. The molecule has 1 aromatic heterocycles. The van der Waals surface area contributed by atoms with Gasteiger partial charge in [0, 0.05) is 37.1 Å². The molecule has 1 aromatic carbocycles. The van der Waals surface area contributed by atoms with Crippen LogP contribution in [0.5, 0.6) is 0 Å². The zero-order valence-electron chi connectivity index (χ0n) is 11.6. The molecule has 1 fully saturated rings. The zero-order chi connectivity index (χ0) is 14.8. The number of carboxylic acids is 1. The lowest BCUT2D eigenvalue weighted by Crippen LogP contribution is -2.21. The van der Waals surface area contributed by atoms with Crippen LogP contribution in [0.15, 0.2) is 36.5 Å². The summed E-state index contributed by atoms with van der Waals surface area (Å²) in [7, 11) is 0. The van der Waals surface area contributed by atoms with Gasteiger partial charge in [0.05, 0.1) is 18.0 Å². The largest absolute Gasteiger partial charge is 0.481 e. The van der Waals surface area contributed by atoms with Crippen LogP contribution in [-0.4, -0.2) is 45.3 Å². The maximum atomic E-state index is 10.8. The highest BCUT2D eigenvalue weighted by Gasteiger charge is 2.32. The van der Waals surface area contributed by atoms with Crippen molar-refractivity contribution in [2.75, 3.05) is 13.1 Å². The van der Waals surface area contributed by atoms with Crippen LogP contribution in [0.2, 0.25) is 0 Å². The third-order valence-corrected chi connectivity index (χ3v) is 3.99. The lowest BCUT2D eigenvalue weighted by molar-refractivity contribution is -0.138. The second-order valence-corrected chi connectivity index (χ2v) is 5.65. The Bertz CT molecular complexity index is 659. The molecule has 110 valence electrons. The standard InChI is InChI=1S/C16H18N2O3/c19-15-10-18(9-13(15)7-16(20)21)8-11-3-4-14-12(6-11)2-1-5-17-14/h1-6,13,15,19H,7-10H2,(H,20,21)/t13-,15-/m1/s1. The highest BCUT2D eigenvalue weighted by Crippen LogP contribution is 2.23. The highest BCUT2D eigenvalue weighted by atomic mass is 16.4. The van der Waals surface area contributed by atoms with Gasteiger partial charge in [-0.1, -0.05) is 12.1 Å². The van der Waals surface area contributed by atoms with E-state index in [0.29, 0.717) is 13.1 Å². The number of hydrogen-bond acceptors (Lipinski definition) is 4. The molecule has 0 bridgehead atoms. The van der Waals surface area contributed by atoms with Gasteiger partial charge in [-0.3, -0.25) is 14.7 Å². The lowest BCUT2D eigenvalue weighted by atomic mass is 10.0. The summed E-state index contributed by atoms with van der Waals surface area (Å²) < 4.78 is 0. The molecular formula is C16H18N2O3. The Kier molecular flexibility index (Phi) is 3.86. The van der Waals surface area contributed by atoms with Crippen LogP contribution >= 0.6 is 0 Å². The SMILES string of the molecule is O=C(O)C[C@@H]1CN(Cc2ccc3ncccc3c2)C[C@H]1O. The van der Waals surface area contributed by atoms with Crippen molar-refractivity contribution >= 4 is 16.9 Å². The fraction of sp³-hybridized carbons (Fsp3) is 0.375. The van der Waals surface area contributed by atoms with Gasteiger partial charge in [-0.25, -0.2) is 0 Å². The maximum absolute atomic E-state index is 10.8. The quantitative estimate of drug-likeness (QED) is 0.891. The summed E-state index contributed by atoms with van der Waals surface area (Å²) in [6, 6.07) is 10.1. The van der Waals surface area contributed by atoms with Crippen molar-refractivity contribution in [3.8, 4) is 0 Å². The van der Waals surface area contributed by atoms with Crippen molar-refractivity contribution in [2.45, 2.75) is 19.1 Å². The number of fused-ring (bicyclic) bond motifs is 1. The van der Waals surface area contributed by atoms with Crippen LogP contribution < -0.4 is 0 Å². The predicted molar refractivity (Wildman–Crippen MR) is 78.8 cm³/mol. The van der Waals surface area contributed by atoms with Crippen molar-refractivity contribution in [1.29, 1.82) is 0 Å². The highest BCUT2D eigenvalue weighted by molar-refractivity contribution is 5.78. The van der Waals surface area contributed by atoms with Crippen LogP contribution in [0.3, 0.4) is 0 Å². The van der Waals surface area contributed by atoms with E-state index in [2.05, 4.69) is 16.0 Å². The third-order valence-electron chi connectivity index (χ3n) is 3.99. The van der Waals surface area contributed by atoms with Crippen molar-refractivity contribution < 1.29 is 15.0 Å². The Hall–Kier alpha value is -1.98. The average molecular weight is 286 g/mol. The predicted octanol–water partition coefficient (Wildman–Crippen LogP) is 1.50. The first-order chi connectivity index (χ1) is 10.1. The number of benzene rings is 1. The van der Waals surface area contributed by atoms with Crippen LogP contribution in [-0.2, 0) is 11.3 Å². The number of pyridine rings is 1. The molecule has 0 amide bonds. The Morgan fingerprint density at radius 2 is 2.19 bits per heavy atom. The van der Waals surface area contributed by atoms with E-state index >= 15 is 0 Å². The summed E-state index contributed by atoms with van der Waals surface area (Å²) >= 11 is 0. The minimum atomic E-state index is -0.849. The Morgan fingerprint density at radius 1 is 1.33 bits per heavy atom. The van der Waals surface area contributed by atoms with Crippen molar-refractivity contribution in [3.05, 3.63) is 42.1 Å². The normalized spacial score (nSPS) is 22.7.